The van der Waals surface area contributed by atoms with Crippen molar-refractivity contribution >= 4 is 23.7 Å². The molecule has 0 radical (unpaired) electrons. The van der Waals surface area contributed by atoms with Gasteiger partial charge in [-0.3, -0.25) is 14.4 Å². The van der Waals surface area contributed by atoms with Crippen LogP contribution in [0, 0.1) is 5.92 Å². The Bertz CT molecular complexity index is 412. The third-order valence-electron chi connectivity index (χ3n) is 3.02. The fourth-order valence-electron chi connectivity index (χ4n) is 1.60. The van der Waals surface area contributed by atoms with Crippen LogP contribution < -0.4 is 22.1 Å². The number of carbonyl (C=O) groups excluding carboxylic acids is 3. The number of carbonyl (C=O) groups is 4. The van der Waals surface area contributed by atoms with Crippen molar-refractivity contribution in [2.75, 3.05) is 6.54 Å². The second kappa shape index (κ2) is 8.90. The summed E-state index contributed by atoms with van der Waals surface area (Å²) in [5.74, 6) is -3.75. The van der Waals surface area contributed by atoms with Gasteiger partial charge in [0.1, 0.15) is 12.1 Å². The smallest absolute Gasteiger partial charge is 0.326 e. The van der Waals surface area contributed by atoms with Gasteiger partial charge in [0.25, 0.3) is 0 Å². The second-order valence-electron chi connectivity index (χ2n) is 4.70. The Balaban J connectivity index is 4.96. The van der Waals surface area contributed by atoms with Crippen molar-refractivity contribution in [1.82, 2.24) is 10.6 Å². The zero-order valence-corrected chi connectivity index (χ0v) is 12.1. The molecule has 0 bridgehead atoms. The first kappa shape index (κ1) is 18.8. The molecular formula is C12H22N4O5. The standard InChI is InChI=1S/C12H22N4O5/c1-3-6(2)10(12(20)21)16-11(19)7(4-8(14)17)15-9(18)5-13/h6-7,10H,3-5,13H2,1-2H3,(H2,14,17)(H,15,18)(H,16,19)(H,20,21)/t6-,7-,10-/m0/s1. The molecule has 21 heavy (non-hydrogen) atoms. The quantitative estimate of drug-likeness (QED) is 0.328. The summed E-state index contributed by atoms with van der Waals surface area (Å²) in [5, 5.41) is 13.6. The van der Waals surface area contributed by atoms with Gasteiger partial charge in [0.15, 0.2) is 0 Å². The maximum absolute atomic E-state index is 12.0. The maximum atomic E-state index is 12.0. The van der Waals surface area contributed by atoms with Gasteiger partial charge in [-0.15, -0.1) is 0 Å². The van der Waals surface area contributed by atoms with Crippen molar-refractivity contribution in [2.24, 2.45) is 17.4 Å². The van der Waals surface area contributed by atoms with Crippen molar-refractivity contribution in [3.8, 4) is 0 Å². The number of nitrogens with two attached hydrogens (primary N) is 2. The first-order chi connectivity index (χ1) is 9.72. The van der Waals surface area contributed by atoms with E-state index in [4.69, 9.17) is 16.6 Å². The Morgan fingerprint density at radius 2 is 1.76 bits per heavy atom. The largest absolute Gasteiger partial charge is 0.480 e. The molecule has 0 unspecified atom stereocenters. The van der Waals surface area contributed by atoms with Crippen molar-refractivity contribution in [2.45, 2.75) is 38.8 Å². The van der Waals surface area contributed by atoms with E-state index in [0.29, 0.717) is 6.42 Å². The second-order valence-corrected chi connectivity index (χ2v) is 4.70. The molecule has 3 amide bonds. The van der Waals surface area contributed by atoms with Gasteiger partial charge in [0.2, 0.25) is 17.7 Å². The molecule has 0 spiro atoms. The van der Waals surface area contributed by atoms with Crippen LogP contribution in [0.5, 0.6) is 0 Å². The molecule has 0 aromatic heterocycles. The number of primary amides is 1. The minimum Gasteiger partial charge on any atom is -0.480 e. The molecule has 120 valence electrons. The summed E-state index contributed by atoms with van der Waals surface area (Å²) in [6.45, 7) is 3.08. The molecule has 9 nitrogen and oxygen atoms in total. The van der Waals surface area contributed by atoms with E-state index in [2.05, 4.69) is 10.6 Å². The summed E-state index contributed by atoms with van der Waals surface area (Å²) in [6.07, 6.45) is 0.0946. The van der Waals surface area contributed by atoms with Crippen molar-refractivity contribution < 1.29 is 24.3 Å². The molecule has 3 atom stereocenters. The Morgan fingerprint density at radius 1 is 1.19 bits per heavy atom. The normalized spacial score (nSPS) is 14.6. The number of carboxylic acids is 1. The van der Waals surface area contributed by atoms with Gasteiger partial charge in [0.05, 0.1) is 13.0 Å². The first-order valence-electron chi connectivity index (χ1n) is 6.53. The molecule has 0 aliphatic carbocycles. The average molecular weight is 302 g/mol. The molecular weight excluding hydrogens is 280 g/mol. The van der Waals surface area contributed by atoms with Gasteiger partial charge in [-0.25, -0.2) is 4.79 Å². The third kappa shape index (κ3) is 6.70. The monoisotopic (exact) mass is 302 g/mol. The highest BCUT2D eigenvalue weighted by atomic mass is 16.4. The molecule has 0 aromatic carbocycles. The van der Waals surface area contributed by atoms with E-state index >= 15 is 0 Å². The average Bonchev–Trinajstić information content (AvgIpc) is 2.41. The van der Waals surface area contributed by atoms with Crippen LogP contribution >= 0.6 is 0 Å². The van der Waals surface area contributed by atoms with Crippen molar-refractivity contribution in [1.29, 1.82) is 0 Å². The number of hydrogen-bond donors (Lipinski definition) is 5. The Kier molecular flexibility index (Phi) is 7.99. The lowest BCUT2D eigenvalue weighted by atomic mass is 9.98. The Morgan fingerprint density at radius 3 is 2.14 bits per heavy atom. The minimum absolute atomic E-state index is 0.314. The SMILES string of the molecule is CC[C@H](C)[C@H](NC(=O)[C@H](CC(N)=O)NC(=O)CN)C(=O)O. The van der Waals surface area contributed by atoms with Crippen LogP contribution in [0.15, 0.2) is 0 Å². The van der Waals surface area contributed by atoms with E-state index in [1.807, 2.05) is 0 Å². The molecule has 0 heterocycles. The summed E-state index contributed by atoms with van der Waals surface area (Å²) >= 11 is 0. The highest BCUT2D eigenvalue weighted by molar-refractivity contribution is 5.93. The Labute approximate surface area is 122 Å². The summed E-state index contributed by atoms with van der Waals surface area (Å²) in [7, 11) is 0. The zero-order chi connectivity index (χ0) is 16.6. The van der Waals surface area contributed by atoms with Gasteiger partial charge in [-0.05, 0) is 5.92 Å². The van der Waals surface area contributed by atoms with E-state index in [-0.39, 0.29) is 12.5 Å². The molecule has 0 rings (SSSR count). The lowest BCUT2D eigenvalue weighted by molar-refractivity contribution is -0.143. The molecule has 0 saturated carbocycles. The maximum Gasteiger partial charge on any atom is 0.326 e. The summed E-state index contributed by atoms with van der Waals surface area (Å²) in [6, 6.07) is -2.36. The van der Waals surface area contributed by atoms with Gasteiger partial charge < -0.3 is 27.2 Å². The van der Waals surface area contributed by atoms with Gasteiger partial charge in [-0.2, -0.15) is 0 Å². The fourth-order valence-corrected chi connectivity index (χ4v) is 1.60. The van der Waals surface area contributed by atoms with Crippen LogP contribution in [0.4, 0.5) is 0 Å². The van der Waals surface area contributed by atoms with Crippen LogP contribution in [0.2, 0.25) is 0 Å². The lowest BCUT2D eigenvalue weighted by Gasteiger charge is -2.23. The molecule has 0 fully saturated rings. The third-order valence-corrected chi connectivity index (χ3v) is 3.02. The first-order valence-corrected chi connectivity index (χ1v) is 6.53. The summed E-state index contributed by atoms with van der Waals surface area (Å²) in [4.78, 5) is 45.3. The van der Waals surface area contributed by atoms with Crippen LogP contribution in [-0.4, -0.2) is 47.4 Å². The molecule has 0 aromatic rings. The number of aliphatic carboxylic acids is 1. The zero-order valence-electron chi connectivity index (χ0n) is 12.1. The highest BCUT2D eigenvalue weighted by Gasteiger charge is 2.30. The molecule has 7 N–H and O–H groups in total. The number of rotatable bonds is 9. The predicted octanol–water partition coefficient (Wildman–Crippen LogP) is -2.08. The van der Waals surface area contributed by atoms with Gasteiger partial charge in [0, 0.05) is 0 Å². The van der Waals surface area contributed by atoms with Crippen LogP contribution in [0.25, 0.3) is 0 Å². The van der Waals surface area contributed by atoms with Crippen LogP contribution in [0.1, 0.15) is 26.7 Å². The Hall–Kier alpha value is -2.16. The van der Waals surface area contributed by atoms with E-state index in [9.17, 15) is 19.2 Å². The van der Waals surface area contributed by atoms with Gasteiger partial charge in [-0.1, -0.05) is 20.3 Å². The molecule has 9 heteroatoms. The lowest BCUT2D eigenvalue weighted by Crippen LogP contribution is -2.55. The van der Waals surface area contributed by atoms with E-state index < -0.39 is 42.2 Å². The predicted molar refractivity (Wildman–Crippen MR) is 73.8 cm³/mol. The van der Waals surface area contributed by atoms with Crippen molar-refractivity contribution in [3.63, 3.8) is 0 Å². The van der Waals surface area contributed by atoms with Crippen molar-refractivity contribution in [3.05, 3.63) is 0 Å². The molecule has 0 aliphatic heterocycles. The molecule has 0 saturated heterocycles. The number of carboxylic acid groups (broad SMARTS) is 1. The van der Waals surface area contributed by atoms with Gasteiger partial charge >= 0.3 is 5.97 Å². The number of amides is 3. The van der Waals surface area contributed by atoms with Crippen LogP contribution in [0.3, 0.4) is 0 Å². The highest BCUT2D eigenvalue weighted by Crippen LogP contribution is 2.08. The number of nitrogens with one attached hydrogen (secondary N) is 2. The minimum atomic E-state index is -1.25. The van der Waals surface area contributed by atoms with E-state index in [0.717, 1.165) is 0 Å². The number of hydrogen-bond acceptors (Lipinski definition) is 5. The summed E-state index contributed by atoms with van der Waals surface area (Å²) < 4.78 is 0. The van der Waals surface area contributed by atoms with E-state index in [1.165, 1.54) is 0 Å². The topological polar surface area (TPSA) is 165 Å². The van der Waals surface area contributed by atoms with E-state index in [1.54, 1.807) is 13.8 Å². The molecule has 0 aliphatic rings. The summed E-state index contributed by atoms with van der Waals surface area (Å²) in [5.41, 5.74) is 10.1. The fraction of sp³-hybridized carbons (Fsp3) is 0.667. The van der Waals surface area contributed by atoms with Crippen LogP contribution in [-0.2, 0) is 19.2 Å².